The first-order valence-electron chi connectivity index (χ1n) is 6.66. The summed E-state index contributed by atoms with van der Waals surface area (Å²) in [5.74, 6) is -0.475. The van der Waals surface area contributed by atoms with Gasteiger partial charge in [0.05, 0.1) is 13.0 Å². The quantitative estimate of drug-likeness (QED) is 0.329. The molecule has 0 radical (unpaired) electrons. The highest BCUT2D eigenvalue weighted by Gasteiger charge is 2.56. The van der Waals surface area contributed by atoms with E-state index in [4.69, 9.17) is 62.7 Å². The molecule has 0 aromatic carbocycles. The van der Waals surface area contributed by atoms with Crippen molar-refractivity contribution in [1.29, 1.82) is 0 Å². The van der Waals surface area contributed by atoms with E-state index in [1.54, 1.807) is 20.8 Å². The van der Waals surface area contributed by atoms with Gasteiger partial charge in [0.15, 0.2) is 0 Å². The molecule has 0 saturated carbocycles. The van der Waals surface area contributed by atoms with Crippen LogP contribution in [0.3, 0.4) is 0 Å². The van der Waals surface area contributed by atoms with Gasteiger partial charge in [-0.1, -0.05) is 37.0 Å². The number of hydrogen-bond donors (Lipinski definition) is 0. The number of carbonyl (C=O) groups excluding carboxylic acids is 1. The van der Waals surface area contributed by atoms with Gasteiger partial charge in [0.1, 0.15) is 4.33 Å². The molecule has 0 aliphatic carbocycles. The molecule has 23 heavy (non-hydrogen) atoms. The Morgan fingerprint density at radius 2 is 1.61 bits per heavy atom. The van der Waals surface area contributed by atoms with E-state index >= 15 is 0 Å². The van der Waals surface area contributed by atoms with Gasteiger partial charge in [-0.3, -0.25) is 4.79 Å². The van der Waals surface area contributed by atoms with Gasteiger partial charge >= 0.3 is 12.1 Å². The molecular weight excluding hydrogens is 422 g/mol. The zero-order valence-corrected chi connectivity index (χ0v) is 16.5. The monoisotopic (exact) mass is 438 g/mol. The Morgan fingerprint density at radius 3 is 2.00 bits per heavy atom. The second-order valence-corrected chi connectivity index (χ2v) is 9.53. The van der Waals surface area contributed by atoms with Crippen molar-refractivity contribution in [2.75, 3.05) is 6.61 Å². The van der Waals surface area contributed by atoms with Crippen molar-refractivity contribution in [3.05, 3.63) is 0 Å². The lowest BCUT2D eigenvalue weighted by Gasteiger charge is -2.35. The van der Waals surface area contributed by atoms with Gasteiger partial charge in [0.2, 0.25) is 4.33 Å². The van der Waals surface area contributed by atoms with E-state index in [0.717, 1.165) is 0 Å². The molecule has 1 unspecified atom stereocenters. The SMILES string of the molecule is CCOC(=O)CC(C)(C)C(Cl)CC(Cl)(Cl)CC(Cl)(Cl)C(F)(F)F. The average Bonchev–Trinajstić information content (AvgIpc) is 2.23. The van der Waals surface area contributed by atoms with Crippen LogP contribution in [0.5, 0.6) is 0 Å². The van der Waals surface area contributed by atoms with E-state index < -0.39 is 38.0 Å². The van der Waals surface area contributed by atoms with Gasteiger partial charge < -0.3 is 4.74 Å². The third-order valence-electron chi connectivity index (χ3n) is 3.13. The van der Waals surface area contributed by atoms with Gasteiger partial charge in [0, 0.05) is 11.8 Å². The molecule has 0 N–H and O–H groups in total. The molecule has 0 fully saturated rings. The summed E-state index contributed by atoms with van der Waals surface area (Å²) in [5.41, 5.74) is -0.803. The molecule has 0 spiro atoms. The van der Waals surface area contributed by atoms with Crippen LogP contribution >= 0.6 is 58.0 Å². The standard InChI is InChI=1S/C13H18Cl5F3O2/c1-4-23-9(22)6-10(2,3)8(14)5-11(15,16)7-12(17,18)13(19,20)21/h8H,4-7H2,1-3H3. The average molecular weight is 441 g/mol. The highest BCUT2D eigenvalue weighted by Crippen LogP contribution is 2.50. The molecule has 0 aliphatic heterocycles. The van der Waals surface area contributed by atoms with Crippen molar-refractivity contribution in [3.63, 3.8) is 0 Å². The largest absolute Gasteiger partial charge is 0.466 e. The molecule has 0 saturated heterocycles. The molecular formula is C13H18Cl5F3O2. The normalized spacial score (nSPS) is 15.4. The molecule has 0 heterocycles. The summed E-state index contributed by atoms with van der Waals surface area (Å²) >= 11 is 28.6. The molecule has 0 rings (SSSR count). The fraction of sp³-hybridized carbons (Fsp3) is 0.923. The second kappa shape index (κ2) is 8.39. The molecule has 0 aromatic heterocycles. The predicted molar refractivity (Wildman–Crippen MR) is 88.8 cm³/mol. The minimum atomic E-state index is -4.90. The molecule has 0 amide bonds. The molecule has 0 bridgehead atoms. The van der Waals surface area contributed by atoms with E-state index in [0.29, 0.717) is 0 Å². The Bertz CT molecular complexity index is 411. The van der Waals surface area contributed by atoms with Crippen LogP contribution in [0.2, 0.25) is 0 Å². The number of esters is 1. The maximum Gasteiger partial charge on any atom is 0.421 e. The summed E-state index contributed by atoms with van der Waals surface area (Å²) in [5, 5.41) is -0.806. The third-order valence-corrected chi connectivity index (χ3v) is 5.14. The Kier molecular flexibility index (Phi) is 8.65. The highest BCUT2D eigenvalue weighted by molar-refractivity contribution is 6.53. The number of rotatable bonds is 8. The van der Waals surface area contributed by atoms with Crippen molar-refractivity contribution in [1.82, 2.24) is 0 Å². The van der Waals surface area contributed by atoms with E-state index in [1.807, 2.05) is 0 Å². The van der Waals surface area contributed by atoms with Crippen molar-refractivity contribution < 1.29 is 22.7 Å². The lowest BCUT2D eigenvalue weighted by molar-refractivity contribution is -0.145. The van der Waals surface area contributed by atoms with Crippen LogP contribution in [0, 0.1) is 5.41 Å². The van der Waals surface area contributed by atoms with E-state index in [1.165, 1.54) is 0 Å². The maximum atomic E-state index is 12.7. The van der Waals surface area contributed by atoms with Crippen LogP contribution in [0.4, 0.5) is 13.2 Å². The van der Waals surface area contributed by atoms with Gasteiger partial charge in [-0.15, -0.1) is 34.8 Å². The Labute approximate surface area is 158 Å². The number of ether oxygens (including phenoxy) is 1. The van der Waals surface area contributed by atoms with Crippen LogP contribution in [-0.4, -0.2) is 32.8 Å². The summed E-state index contributed by atoms with van der Waals surface area (Å²) in [6.45, 7) is 5.18. The summed E-state index contributed by atoms with van der Waals surface area (Å²) in [6.07, 6.45) is -6.14. The van der Waals surface area contributed by atoms with Crippen LogP contribution in [0.15, 0.2) is 0 Å². The van der Waals surface area contributed by atoms with E-state index in [-0.39, 0.29) is 19.4 Å². The Balaban J connectivity index is 4.92. The molecule has 10 heteroatoms. The number of halogens is 8. The van der Waals surface area contributed by atoms with Crippen molar-refractivity contribution >= 4 is 64.0 Å². The van der Waals surface area contributed by atoms with Gasteiger partial charge in [-0.05, 0) is 18.8 Å². The van der Waals surface area contributed by atoms with Crippen molar-refractivity contribution in [3.8, 4) is 0 Å². The molecule has 0 aliphatic rings. The maximum absolute atomic E-state index is 12.7. The minimum Gasteiger partial charge on any atom is -0.466 e. The Hall–Kier alpha value is 0.710. The molecule has 1 atom stereocenters. The van der Waals surface area contributed by atoms with Crippen molar-refractivity contribution in [2.24, 2.45) is 5.41 Å². The number of alkyl halides is 8. The topological polar surface area (TPSA) is 26.3 Å². The van der Waals surface area contributed by atoms with Crippen LogP contribution < -0.4 is 0 Å². The van der Waals surface area contributed by atoms with Crippen molar-refractivity contribution in [2.45, 2.75) is 60.3 Å². The lowest BCUT2D eigenvalue weighted by Crippen LogP contribution is -2.41. The fourth-order valence-electron chi connectivity index (χ4n) is 1.73. The lowest BCUT2D eigenvalue weighted by atomic mass is 9.82. The summed E-state index contributed by atoms with van der Waals surface area (Å²) in [6, 6.07) is 0. The molecule has 0 aromatic rings. The zero-order valence-electron chi connectivity index (χ0n) is 12.7. The fourth-order valence-corrected chi connectivity index (χ4v) is 3.67. The summed E-state index contributed by atoms with van der Waals surface area (Å²) in [4.78, 5) is 11.6. The highest BCUT2D eigenvalue weighted by atomic mass is 35.5. The smallest absolute Gasteiger partial charge is 0.421 e. The van der Waals surface area contributed by atoms with Crippen LogP contribution in [0.1, 0.15) is 40.0 Å². The van der Waals surface area contributed by atoms with Crippen LogP contribution in [-0.2, 0) is 9.53 Å². The Morgan fingerprint density at radius 1 is 1.13 bits per heavy atom. The zero-order chi connectivity index (χ0) is 18.7. The first-order valence-corrected chi connectivity index (χ1v) is 8.61. The molecule has 2 nitrogen and oxygen atoms in total. The van der Waals surface area contributed by atoms with E-state index in [2.05, 4.69) is 0 Å². The third kappa shape index (κ3) is 8.08. The first kappa shape index (κ1) is 23.7. The predicted octanol–water partition coefficient (Wildman–Crippen LogP) is 6.26. The second-order valence-electron chi connectivity index (χ2n) is 5.88. The number of hydrogen-bond acceptors (Lipinski definition) is 2. The first-order chi connectivity index (χ1) is 10.0. The minimum absolute atomic E-state index is 0.0367. The van der Waals surface area contributed by atoms with Gasteiger partial charge in [-0.2, -0.15) is 13.2 Å². The van der Waals surface area contributed by atoms with E-state index in [9.17, 15) is 18.0 Å². The van der Waals surface area contributed by atoms with Gasteiger partial charge in [-0.25, -0.2) is 0 Å². The van der Waals surface area contributed by atoms with Crippen LogP contribution in [0.25, 0.3) is 0 Å². The molecule has 138 valence electrons. The summed E-state index contributed by atoms with van der Waals surface area (Å²) in [7, 11) is 0. The number of carbonyl (C=O) groups is 1. The summed E-state index contributed by atoms with van der Waals surface area (Å²) < 4.78 is 38.0. The van der Waals surface area contributed by atoms with Gasteiger partial charge in [0.25, 0.3) is 0 Å².